The molecule has 0 atom stereocenters. The first kappa shape index (κ1) is 29.4. The molecule has 9 rings (SSSR count). The van der Waals surface area contributed by atoms with Crippen molar-refractivity contribution >= 4 is 21.9 Å². The van der Waals surface area contributed by atoms with Crippen LogP contribution in [0.3, 0.4) is 0 Å². The smallest absolute Gasteiger partial charge is 0.164 e. The Morgan fingerprint density at radius 1 is 0.400 bits per heavy atom. The second-order valence-electron chi connectivity index (χ2n) is 12.4. The molecule has 0 unspecified atom stereocenters. The third-order valence-corrected chi connectivity index (χ3v) is 9.07. The Kier molecular flexibility index (Phi) is 7.29. The number of rotatable bonds is 6. The van der Waals surface area contributed by atoms with Crippen LogP contribution in [0.1, 0.15) is 5.56 Å². The standard InChI is InChI=1S/C45H30N4O/c1-29-9-8-14-36(27-29)32-17-21-35(22-18-32)44-47-43(34-12-6-3-7-13-34)48-45(49-44)37-23-24-38-40(28-37)50-39-25-26-46-42(41(38)39)33-19-15-31(16-20-33)30-10-4-2-5-11-30/h2-28H,1H3. The molecule has 0 radical (unpaired) electrons. The predicted octanol–water partition coefficient (Wildman–Crippen LogP) is 11.5. The fourth-order valence-corrected chi connectivity index (χ4v) is 6.52. The van der Waals surface area contributed by atoms with Crippen LogP contribution in [0.4, 0.5) is 0 Å². The average Bonchev–Trinajstić information content (AvgIpc) is 3.57. The van der Waals surface area contributed by atoms with Crippen LogP contribution in [0.2, 0.25) is 0 Å². The van der Waals surface area contributed by atoms with Gasteiger partial charge in [0.1, 0.15) is 11.2 Å². The van der Waals surface area contributed by atoms with E-state index in [-0.39, 0.29) is 0 Å². The van der Waals surface area contributed by atoms with Crippen molar-refractivity contribution in [3.63, 3.8) is 0 Å². The molecule has 5 nitrogen and oxygen atoms in total. The summed E-state index contributed by atoms with van der Waals surface area (Å²) >= 11 is 0. The lowest BCUT2D eigenvalue weighted by molar-refractivity contribution is 0.668. The highest BCUT2D eigenvalue weighted by atomic mass is 16.3. The number of benzene rings is 6. The summed E-state index contributed by atoms with van der Waals surface area (Å²) in [6.45, 7) is 2.11. The maximum Gasteiger partial charge on any atom is 0.164 e. The highest BCUT2D eigenvalue weighted by molar-refractivity contribution is 6.12. The summed E-state index contributed by atoms with van der Waals surface area (Å²) in [6, 6.07) is 54.0. The van der Waals surface area contributed by atoms with E-state index in [2.05, 4.69) is 116 Å². The number of nitrogens with zero attached hydrogens (tertiary/aromatic N) is 4. The molecule has 0 aliphatic carbocycles. The van der Waals surface area contributed by atoms with Gasteiger partial charge in [-0.25, -0.2) is 15.0 Å². The molecule has 3 aromatic heterocycles. The third-order valence-electron chi connectivity index (χ3n) is 9.07. The van der Waals surface area contributed by atoms with Crippen molar-refractivity contribution in [1.82, 2.24) is 19.9 Å². The van der Waals surface area contributed by atoms with Gasteiger partial charge in [-0.3, -0.25) is 4.98 Å². The van der Waals surface area contributed by atoms with Crippen molar-refractivity contribution in [2.24, 2.45) is 0 Å². The lowest BCUT2D eigenvalue weighted by Crippen LogP contribution is -2.00. The molecule has 0 aliphatic rings. The van der Waals surface area contributed by atoms with E-state index in [0.29, 0.717) is 17.5 Å². The second kappa shape index (κ2) is 12.4. The normalized spacial score (nSPS) is 11.3. The van der Waals surface area contributed by atoms with E-state index in [1.165, 1.54) is 16.7 Å². The van der Waals surface area contributed by atoms with Crippen LogP contribution in [0.25, 0.3) is 89.6 Å². The predicted molar refractivity (Wildman–Crippen MR) is 202 cm³/mol. The van der Waals surface area contributed by atoms with Crippen molar-refractivity contribution in [2.45, 2.75) is 6.92 Å². The van der Waals surface area contributed by atoms with Crippen LogP contribution < -0.4 is 0 Å². The molecule has 0 spiro atoms. The van der Waals surface area contributed by atoms with E-state index in [4.69, 9.17) is 24.4 Å². The van der Waals surface area contributed by atoms with Crippen LogP contribution in [-0.2, 0) is 0 Å². The SMILES string of the molecule is Cc1cccc(-c2ccc(-c3nc(-c4ccccc4)nc(-c4ccc5c(c4)oc4ccnc(-c6ccc(-c7ccccc7)cc6)c45)n3)cc2)c1. The van der Waals surface area contributed by atoms with Crippen molar-refractivity contribution in [1.29, 1.82) is 0 Å². The van der Waals surface area contributed by atoms with Crippen molar-refractivity contribution in [2.75, 3.05) is 0 Å². The summed E-state index contributed by atoms with van der Waals surface area (Å²) in [5.41, 5.74) is 12.0. The van der Waals surface area contributed by atoms with Gasteiger partial charge in [-0.05, 0) is 47.4 Å². The van der Waals surface area contributed by atoms with Crippen molar-refractivity contribution in [3.8, 4) is 67.7 Å². The second-order valence-corrected chi connectivity index (χ2v) is 12.4. The number of aryl methyl sites for hydroxylation is 1. The molecule has 0 fully saturated rings. The minimum atomic E-state index is 0.578. The zero-order valence-electron chi connectivity index (χ0n) is 27.3. The molecule has 50 heavy (non-hydrogen) atoms. The highest BCUT2D eigenvalue weighted by Crippen LogP contribution is 2.38. The van der Waals surface area contributed by atoms with E-state index < -0.39 is 0 Å². The Morgan fingerprint density at radius 2 is 0.920 bits per heavy atom. The topological polar surface area (TPSA) is 64.7 Å². The first-order chi connectivity index (χ1) is 24.7. The van der Waals surface area contributed by atoms with Gasteiger partial charge in [0.05, 0.1) is 11.1 Å². The number of fused-ring (bicyclic) bond motifs is 3. The van der Waals surface area contributed by atoms with Crippen LogP contribution in [0.5, 0.6) is 0 Å². The van der Waals surface area contributed by atoms with Crippen LogP contribution in [0, 0.1) is 6.92 Å². The molecule has 0 saturated carbocycles. The summed E-state index contributed by atoms with van der Waals surface area (Å²) in [5.74, 6) is 1.80. The first-order valence-corrected chi connectivity index (χ1v) is 16.6. The van der Waals surface area contributed by atoms with Gasteiger partial charge in [-0.1, -0.05) is 145 Å². The quantitative estimate of drug-likeness (QED) is 0.181. The highest BCUT2D eigenvalue weighted by Gasteiger charge is 2.17. The number of hydrogen-bond donors (Lipinski definition) is 0. The van der Waals surface area contributed by atoms with Crippen molar-refractivity contribution < 1.29 is 4.42 Å². The molecular formula is C45H30N4O. The monoisotopic (exact) mass is 642 g/mol. The van der Waals surface area contributed by atoms with Gasteiger partial charge in [0.25, 0.3) is 0 Å². The Labute approximate surface area is 289 Å². The summed E-state index contributed by atoms with van der Waals surface area (Å²) in [6.07, 6.45) is 1.81. The summed E-state index contributed by atoms with van der Waals surface area (Å²) in [7, 11) is 0. The summed E-state index contributed by atoms with van der Waals surface area (Å²) in [5, 5.41) is 1.97. The fourth-order valence-electron chi connectivity index (χ4n) is 6.52. The van der Waals surface area contributed by atoms with Gasteiger partial charge in [0, 0.05) is 33.8 Å². The molecule has 0 N–H and O–H groups in total. The molecule has 9 aromatic rings. The third kappa shape index (κ3) is 5.51. The molecule has 0 bridgehead atoms. The Hall–Kier alpha value is -6.72. The zero-order chi connectivity index (χ0) is 33.4. The van der Waals surface area contributed by atoms with E-state index in [1.807, 2.05) is 48.5 Å². The zero-order valence-corrected chi connectivity index (χ0v) is 27.3. The van der Waals surface area contributed by atoms with Crippen LogP contribution in [0.15, 0.2) is 168 Å². The molecule has 6 aromatic carbocycles. The Balaban J connectivity index is 1.12. The summed E-state index contributed by atoms with van der Waals surface area (Å²) < 4.78 is 6.45. The largest absolute Gasteiger partial charge is 0.456 e. The first-order valence-electron chi connectivity index (χ1n) is 16.6. The van der Waals surface area contributed by atoms with E-state index in [9.17, 15) is 0 Å². The average molecular weight is 643 g/mol. The number of hydrogen-bond acceptors (Lipinski definition) is 5. The lowest BCUT2D eigenvalue weighted by Gasteiger charge is -2.09. The van der Waals surface area contributed by atoms with Gasteiger partial charge in [0.2, 0.25) is 0 Å². The van der Waals surface area contributed by atoms with Crippen LogP contribution >= 0.6 is 0 Å². The number of pyridine rings is 1. The Bertz CT molecular complexity index is 2630. The Morgan fingerprint density at radius 3 is 1.60 bits per heavy atom. The molecule has 3 heterocycles. The maximum absolute atomic E-state index is 6.45. The number of furan rings is 1. The minimum Gasteiger partial charge on any atom is -0.456 e. The molecule has 0 saturated heterocycles. The lowest BCUT2D eigenvalue weighted by atomic mass is 10.0. The van der Waals surface area contributed by atoms with Gasteiger partial charge in [-0.2, -0.15) is 0 Å². The summed E-state index contributed by atoms with van der Waals surface area (Å²) in [4.78, 5) is 19.7. The molecule has 5 heteroatoms. The minimum absolute atomic E-state index is 0.578. The van der Waals surface area contributed by atoms with Gasteiger partial charge in [0.15, 0.2) is 17.5 Å². The van der Waals surface area contributed by atoms with Crippen molar-refractivity contribution in [3.05, 3.63) is 169 Å². The maximum atomic E-state index is 6.45. The van der Waals surface area contributed by atoms with E-state index >= 15 is 0 Å². The molecule has 0 amide bonds. The van der Waals surface area contributed by atoms with Gasteiger partial charge in [-0.15, -0.1) is 0 Å². The van der Waals surface area contributed by atoms with E-state index in [1.54, 1.807) is 6.20 Å². The van der Waals surface area contributed by atoms with E-state index in [0.717, 1.165) is 61.0 Å². The molecule has 0 aliphatic heterocycles. The van der Waals surface area contributed by atoms with Gasteiger partial charge < -0.3 is 4.42 Å². The van der Waals surface area contributed by atoms with Crippen LogP contribution in [-0.4, -0.2) is 19.9 Å². The molecule has 236 valence electrons. The number of aromatic nitrogens is 4. The fraction of sp³-hybridized carbons (Fsp3) is 0.0222. The van der Waals surface area contributed by atoms with Gasteiger partial charge >= 0.3 is 0 Å². The molecular weight excluding hydrogens is 613 g/mol.